The highest BCUT2D eigenvalue weighted by molar-refractivity contribution is 6.15. The van der Waals surface area contributed by atoms with E-state index in [-0.39, 0.29) is 11.5 Å². The number of para-hydroxylation sites is 2. The molecule has 3 aromatic heterocycles. The Kier molecular flexibility index (Phi) is 3.72. The van der Waals surface area contributed by atoms with Gasteiger partial charge in [0.15, 0.2) is 0 Å². The molecule has 2 aromatic carbocycles. The van der Waals surface area contributed by atoms with E-state index in [0.717, 1.165) is 35.8 Å². The van der Waals surface area contributed by atoms with Gasteiger partial charge in [0.05, 0.1) is 27.8 Å². The molecule has 0 aliphatic heterocycles. The topological polar surface area (TPSA) is 75.7 Å². The Hall–Kier alpha value is -4.04. The van der Waals surface area contributed by atoms with Crippen LogP contribution in [0, 0.1) is 11.3 Å². The second-order valence-electron chi connectivity index (χ2n) is 8.16. The molecule has 150 valence electrons. The molecular weight excluding hydrogens is 384 g/mol. The predicted octanol–water partition coefficient (Wildman–Crippen LogP) is 4.91. The van der Waals surface area contributed by atoms with Gasteiger partial charge in [-0.3, -0.25) is 9.20 Å². The number of carbonyl (C=O) groups excluding carboxylic acids is 1. The van der Waals surface area contributed by atoms with E-state index in [1.807, 2.05) is 40.8 Å². The van der Waals surface area contributed by atoms with Gasteiger partial charge in [-0.25, -0.2) is 0 Å². The number of nitrogens with two attached hydrogens (primary N) is 1. The average Bonchev–Trinajstić information content (AvgIpc) is 3.34. The lowest BCUT2D eigenvalue weighted by Crippen LogP contribution is -2.10. The summed E-state index contributed by atoms with van der Waals surface area (Å²) in [7, 11) is 0. The van der Waals surface area contributed by atoms with Gasteiger partial charge in [0.1, 0.15) is 17.3 Å². The zero-order chi connectivity index (χ0) is 21.1. The Balaban J connectivity index is 1.85. The number of anilines is 1. The first kappa shape index (κ1) is 17.8. The fourth-order valence-electron chi connectivity index (χ4n) is 5.13. The Morgan fingerprint density at radius 2 is 1.58 bits per heavy atom. The van der Waals surface area contributed by atoms with Gasteiger partial charge in [0.2, 0.25) is 5.78 Å². The molecule has 0 radical (unpaired) electrons. The van der Waals surface area contributed by atoms with Crippen molar-refractivity contribution in [2.75, 3.05) is 5.73 Å². The zero-order valence-electron chi connectivity index (χ0n) is 16.9. The number of nitrogens with zero attached hydrogens (tertiary/aromatic N) is 3. The standard InChI is InChI=1S/C26H20N4O/c27-15-18-23(28)25(26(31)16-8-2-1-3-9-16)30-21-13-7-6-12-20(21)29-19-11-5-4-10-17(19)14-22(29)24(18)30/h1-3,6-9,12-14H,4-5,10-11,28H2. The van der Waals surface area contributed by atoms with E-state index >= 15 is 0 Å². The van der Waals surface area contributed by atoms with Crippen LogP contribution in [0.3, 0.4) is 0 Å². The third kappa shape index (κ3) is 2.33. The maximum Gasteiger partial charge on any atom is 0.211 e. The van der Waals surface area contributed by atoms with E-state index in [0.29, 0.717) is 22.3 Å². The van der Waals surface area contributed by atoms with Crippen molar-refractivity contribution in [3.63, 3.8) is 0 Å². The molecule has 0 atom stereocenters. The number of rotatable bonds is 2. The Morgan fingerprint density at radius 1 is 0.903 bits per heavy atom. The number of carbonyl (C=O) groups is 1. The van der Waals surface area contributed by atoms with Crippen molar-refractivity contribution in [3.8, 4) is 6.07 Å². The first-order chi connectivity index (χ1) is 15.2. The number of ketones is 1. The minimum Gasteiger partial charge on any atom is -0.396 e. The van der Waals surface area contributed by atoms with Gasteiger partial charge in [-0.05, 0) is 49.4 Å². The van der Waals surface area contributed by atoms with E-state index in [2.05, 4.69) is 22.6 Å². The van der Waals surface area contributed by atoms with Crippen molar-refractivity contribution in [2.24, 2.45) is 0 Å². The molecule has 0 saturated carbocycles. The van der Waals surface area contributed by atoms with Gasteiger partial charge >= 0.3 is 0 Å². The Morgan fingerprint density at radius 3 is 2.32 bits per heavy atom. The largest absolute Gasteiger partial charge is 0.396 e. The van der Waals surface area contributed by atoms with Crippen molar-refractivity contribution in [2.45, 2.75) is 25.7 Å². The van der Waals surface area contributed by atoms with Crippen LogP contribution in [0.1, 0.15) is 45.7 Å². The molecule has 1 aliphatic rings. The number of nitriles is 1. The summed E-state index contributed by atoms with van der Waals surface area (Å²) in [5.74, 6) is -0.180. The lowest BCUT2D eigenvalue weighted by molar-refractivity contribution is 0.103. The van der Waals surface area contributed by atoms with Crippen LogP contribution in [0.15, 0.2) is 60.7 Å². The lowest BCUT2D eigenvalue weighted by atomic mass is 9.98. The van der Waals surface area contributed by atoms with Gasteiger partial charge in [-0.2, -0.15) is 5.26 Å². The van der Waals surface area contributed by atoms with Crippen molar-refractivity contribution < 1.29 is 4.79 Å². The highest BCUT2D eigenvalue weighted by atomic mass is 16.1. The summed E-state index contributed by atoms with van der Waals surface area (Å²) in [4.78, 5) is 13.6. The minimum atomic E-state index is -0.180. The molecule has 5 aromatic rings. The van der Waals surface area contributed by atoms with Crippen LogP contribution in [-0.4, -0.2) is 14.6 Å². The third-order valence-electron chi connectivity index (χ3n) is 6.48. The number of hydrogen-bond donors (Lipinski definition) is 1. The van der Waals surface area contributed by atoms with Gasteiger partial charge < -0.3 is 10.1 Å². The van der Waals surface area contributed by atoms with E-state index in [1.54, 1.807) is 12.1 Å². The second kappa shape index (κ2) is 6.48. The molecule has 0 bridgehead atoms. The predicted molar refractivity (Wildman–Crippen MR) is 122 cm³/mol. The van der Waals surface area contributed by atoms with Crippen molar-refractivity contribution in [3.05, 3.63) is 88.7 Å². The minimum absolute atomic E-state index is 0.180. The number of hydrogen-bond acceptors (Lipinski definition) is 3. The number of aryl methyl sites for hydroxylation is 2. The summed E-state index contributed by atoms with van der Waals surface area (Å²) >= 11 is 0. The highest BCUT2D eigenvalue weighted by Gasteiger charge is 2.28. The summed E-state index contributed by atoms with van der Waals surface area (Å²) in [5, 5.41) is 10.1. The van der Waals surface area contributed by atoms with Gasteiger partial charge in [0.25, 0.3) is 0 Å². The number of aromatic nitrogens is 2. The molecule has 0 amide bonds. The molecule has 2 N–H and O–H groups in total. The Bertz CT molecular complexity index is 1560. The molecular formula is C26H20N4O. The molecule has 0 spiro atoms. The molecule has 1 aliphatic carbocycles. The first-order valence-electron chi connectivity index (χ1n) is 10.6. The van der Waals surface area contributed by atoms with Crippen LogP contribution in [0.5, 0.6) is 0 Å². The maximum absolute atomic E-state index is 13.6. The van der Waals surface area contributed by atoms with Gasteiger partial charge in [-0.15, -0.1) is 0 Å². The van der Waals surface area contributed by atoms with Crippen LogP contribution in [-0.2, 0) is 12.8 Å². The summed E-state index contributed by atoms with van der Waals surface area (Å²) in [5.41, 5.74) is 14.2. The third-order valence-corrected chi connectivity index (χ3v) is 6.48. The molecule has 5 heteroatoms. The SMILES string of the molecule is N#Cc1c(N)c(C(=O)c2ccccc2)n2c3ccccc3n3c4c(cc3c12)CCCC4. The Labute approximate surface area is 178 Å². The van der Waals surface area contributed by atoms with Gasteiger partial charge in [-0.1, -0.05) is 42.5 Å². The monoisotopic (exact) mass is 404 g/mol. The summed E-state index contributed by atoms with van der Waals surface area (Å²) < 4.78 is 4.18. The average molecular weight is 404 g/mol. The van der Waals surface area contributed by atoms with Crippen LogP contribution >= 0.6 is 0 Å². The smallest absolute Gasteiger partial charge is 0.211 e. The quantitative estimate of drug-likeness (QED) is 0.425. The van der Waals surface area contributed by atoms with E-state index in [4.69, 9.17) is 5.73 Å². The summed E-state index contributed by atoms with van der Waals surface area (Å²) in [6, 6.07) is 21.6. The molecule has 31 heavy (non-hydrogen) atoms. The van der Waals surface area contributed by atoms with Crippen LogP contribution < -0.4 is 5.73 Å². The van der Waals surface area contributed by atoms with Crippen molar-refractivity contribution in [1.82, 2.24) is 8.80 Å². The van der Waals surface area contributed by atoms with Gasteiger partial charge in [0, 0.05) is 11.3 Å². The lowest BCUT2D eigenvalue weighted by Gasteiger charge is -2.15. The number of benzene rings is 2. The van der Waals surface area contributed by atoms with E-state index in [1.165, 1.54) is 17.7 Å². The summed E-state index contributed by atoms with van der Waals surface area (Å²) in [6.45, 7) is 0. The number of fused-ring (bicyclic) bond motifs is 8. The fourth-order valence-corrected chi connectivity index (χ4v) is 5.13. The molecule has 6 rings (SSSR count). The second-order valence-corrected chi connectivity index (χ2v) is 8.16. The number of nitrogen functional groups attached to an aromatic ring is 1. The zero-order valence-corrected chi connectivity index (χ0v) is 16.9. The molecule has 3 heterocycles. The van der Waals surface area contributed by atoms with Crippen molar-refractivity contribution in [1.29, 1.82) is 5.26 Å². The van der Waals surface area contributed by atoms with E-state index in [9.17, 15) is 10.1 Å². The van der Waals surface area contributed by atoms with Crippen LogP contribution in [0.25, 0.3) is 22.1 Å². The molecule has 0 fully saturated rings. The van der Waals surface area contributed by atoms with Crippen molar-refractivity contribution >= 4 is 33.5 Å². The van der Waals surface area contributed by atoms with E-state index < -0.39 is 0 Å². The highest BCUT2D eigenvalue weighted by Crippen LogP contribution is 2.37. The summed E-state index contributed by atoms with van der Waals surface area (Å²) in [6.07, 6.45) is 4.37. The normalized spacial score (nSPS) is 13.5. The molecule has 0 unspecified atom stereocenters. The first-order valence-corrected chi connectivity index (χ1v) is 10.6. The maximum atomic E-state index is 13.6. The molecule has 0 saturated heterocycles. The van der Waals surface area contributed by atoms with Crippen LogP contribution in [0.4, 0.5) is 5.69 Å². The molecule has 5 nitrogen and oxygen atoms in total. The fraction of sp³-hybridized carbons (Fsp3) is 0.154. The van der Waals surface area contributed by atoms with Crippen LogP contribution in [0.2, 0.25) is 0 Å².